The largest absolute Gasteiger partial charge is 0.289 e. The highest BCUT2D eigenvalue weighted by Crippen LogP contribution is 2.33. The van der Waals surface area contributed by atoms with E-state index in [1.54, 1.807) is 24.3 Å². The van der Waals surface area contributed by atoms with Crippen molar-refractivity contribution < 1.29 is 26.4 Å². The highest BCUT2D eigenvalue weighted by atomic mass is 32.2. The molecule has 0 saturated heterocycles. The Labute approximate surface area is 195 Å². The minimum Gasteiger partial charge on any atom is -0.289 e. The monoisotopic (exact) mass is 491 g/mol. The Hall–Kier alpha value is -4.02. The van der Waals surface area contributed by atoms with Gasteiger partial charge in [0, 0.05) is 18.0 Å². The summed E-state index contributed by atoms with van der Waals surface area (Å²) in [7, 11) is -9.06. The third-order valence-electron chi connectivity index (χ3n) is 4.88. The maximum absolute atomic E-state index is 13.6. The number of hydrogen-bond acceptors (Lipinski definition) is 8. The molecule has 2 aromatic heterocycles. The standard InChI is InChI=1S/C24H15N2O6S2/c27-16-19-24(34(31,32)21-13-7-8-14-25-21)22(23(28)17-9-3-1-4-10-17)20(15-26-19)33(29,30)18-11-5-2-6-12-18/h1-15H. The summed E-state index contributed by atoms with van der Waals surface area (Å²) in [6, 6.07) is 18.8. The summed E-state index contributed by atoms with van der Waals surface area (Å²) in [5.41, 5.74) is -1.40. The molecule has 0 amide bonds. The number of pyridine rings is 2. The van der Waals surface area contributed by atoms with Crippen LogP contribution >= 0.6 is 0 Å². The van der Waals surface area contributed by atoms with Crippen molar-refractivity contribution in [1.29, 1.82) is 0 Å². The zero-order valence-corrected chi connectivity index (χ0v) is 19.0. The van der Waals surface area contributed by atoms with Gasteiger partial charge in [0.2, 0.25) is 19.7 Å². The fourth-order valence-corrected chi connectivity index (χ4v) is 6.28. The first-order chi connectivity index (χ1) is 16.3. The van der Waals surface area contributed by atoms with Crippen molar-refractivity contribution >= 4 is 31.7 Å². The van der Waals surface area contributed by atoms with Crippen molar-refractivity contribution in [3.05, 3.63) is 108 Å². The molecule has 4 rings (SSSR count). The van der Waals surface area contributed by atoms with Gasteiger partial charge >= 0.3 is 0 Å². The second-order valence-corrected chi connectivity index (χ2v) is 10.7. The Kier molecular flexibility index (Phi) is 6.18. The van der Waals surface area contributed by atoms with Crippen molar-refractivity contribution in [3.8, 4) is 0 Å². The fourth-order valence-electron chi connectivity index (χ4n) is 3.30. The normalized spacial score (nSPS) is 11.6. The van der Waals surface area contributed by atoms with E-state index in [0.717, 1.165) is 6.20 Å². The van der Waals surface area contributed by atoms with Gasteiger partial charge in [0.15, 0.2) is 10.8 Å². The van der Waals surface area contributed by atoms with Crippen LogP contribution in [0.25, 0.3) is 0 Å². The fraction of sp³-hybridized carbons (Fsp3) is 0. The van der Waals surface area contributed by atoms with E-state index in [4.69, 9.17) is 0 Å². The molecule has 0 fully saturated rings. The summed E-state index contributed by atoms with van der Waals surface area (Å²) >= 11 is 0. The quantitative estimate of drug-likeness (QED) is 0.361. The van der Waals surface area contributed by atoms with Gasteiger partial charge in [0.1, 0.15) is 15.5 Å². The summed E-state index contributed by atoms with van der Waals surface area (Å²) in [6.45, 7) is 0. The first-order valence-corrected chi connectivity index (χ1v) is 12.7. The summed E-state index contributed by atoms with van der Waals surface area (Å²) < 4.78 is 54.1. The molecule has 2 heterocycles. The molecule has 0 aliphatic heterocycles. The molecule has 0 aliphatic rings. The lowest BCUT2D eigenvalue weighted by atomic mass is 10.0. The average Bonchev–Trinajstić information content (AvgIpc) is 2.88. The van der Waals surface area contributed by atoms with Crippen LogP contribution in [0.1, 0.15) is 21.6 Å². The predicted molar refractivity (Wildman–Crippen MR) is 120 cm³/mol. The number of carbonyl (C=O) groups is 1. The zero-order chi connectivity index (χ0) is 24.3. The van der Waals surface area contributed by atoms with Gasteiger partial charge in [-0.1, -0.05) is 54.6 Å². The molecule has 0 N–H and O–H groups in total. The van der Waals surface area contributed by atoms with Crippen molar-refractivity contribution in [3.63, 3.8) is 0 Å². The van der Waals surface area contributed by atoms with E-state index in [1.807, 2.05) is 0 Å². The molecule has 10 heteroatoms. The molecule has 169 valence electrons. The van der Waals surface area contributed by atoms with Gasteiger partial charge in [0.05, 0.1) is 10.5 Å². The minimum absolute atomic E-state index is 0.0209. The second-order valence-electron chi connectivity index (χ2n) is 6.96. The lowest BCUT2D eigenvalue weighted by molar-refractivity contribution is 0.103. The van der Waals surface area contributed by atoms with E-state index in [1.165, 1.54) is 67.1 Å². The van der Waals surface area contributed by atoms with Gasteiger partial charge in [-0.25, -0.2) is 26.8 Å². The van der Waals surface area contributed by atoms with Crippen LogP contribution in [0.5, 0.6) is 0 Å². The Morgan fingerprint density at radius 3 is 1.94 bits per heavy atom. The van der Waals surface area contributed by atoms with Crippen molar-refractivity contribution in [1.82, 2.24) is 9.97 Å². The maximum Gasteiger partial charge on any atom is 0.254 e. The highest BCUT2D eigenvalue weighted by molar-refractivity contribution is 7.92. The Balaban J connectivity index is 2.14. The van der Waals surface area contributed by atoms with Gasteiger partial charge in [0.25, 0.3) is 6.29 Å². The number of ketones is 1. The number of nitrogens with zero attached hydrogens (tertiary/aromatic N) is 2. The van der Waals surface area contributed by atoms with E-state index >= 15 is 0 Å². The van der Waals surface area contributed by atoms with Crippen LogP contribution in [-0.4, -0.2) is 38.9 Å². The SMILES string of the molecule is O=[C]c1ncc(S(=O)(=O)c2ccccc2)c(C(=O)c2ccccc2)c1S(=O)(=O)c1ccccn1. The molecule has 0 unspecified atom stereocenters. The lowest BCUT2D eigenvalue weighted by Gasteiger charge is -2.16. The van der Waals surface area contributed by atoms with Crippen LogP contribution in [0.4, 0.5) is 0 Å². The maximum atomic E-state index is 13.6. The van der Waals surface area contributed by atoms with Crippen LogP contribution in [0.2, 0.25) is 0 Å². The molecule has 2 aromatic carbocycles. The van der Waals surface area contributed by atoms with Crippen LogP contribution in [0.15, 0.2) is 111 Å². The summed E-state index contributed by atoms with van der Waals surface area (Å²) in [6.07, 6.45) is 3.44. The number of rotatable bonds is 7. The van der Waals surface area contributed by atoms with Gasteiger partial charge in [-0.2, -0.15) is 0 Å². The van der Waals surface area contributed by atoms with E-state index in [0.29, 0.717) is 0 Å². The zero-order valence-electron chi connectivity index (χ0n) is 17.3. The van der Waals surface area contributed by atoms with Gasteiger partial charge in [-0.15, -0.1) is 0 Å². The van der Waals surface area contributed by atoms with Crippen molar-refractivity contribution in [2.75, 3.05) is 0 Å². The van der Waals surface area contributed by atoms with Gasteiger partial charge < -0.3 is 0 Å². The van der Waals surface area contributed by atoms with Crippen LogP contribution in [0.3, 0.4) is 0 Å². The van der Waals surface area contributed by atoms with E-state index in [2.05, 4.69) is 9.97 Å². The second kappa shape index (κ2) is 9.08. The van der Waals surface area contributed by atoms with E-state index < -0.39 is 51.5 Å². The average molecular weight is 492 g/mol. The summed E-state index contributed by atoms with van der Waals surface area (Å²) in [5, 5.41) is -0.482. The number of benzene rings is 2. The van der Waals surface area contributed by atoms with E-state index in [-0.39, 0.29) is 10.5 Å². The highest BCUT2D eigenvalue weighted by Gasteiger charge is 2.36. The third kappa shape index (κ3) is 4.04. The predicted octanol–water partition coefficient (Wildman–Crippen LogP) is 2.83. The van der Waals surface area contributed by atoms with Crippen molar-refractivity contribution in [2.24, 2.45) is 0 Å². The molecule has 0 spiro atoms. The lowest BCUT2D eigenvalue weighted by Crippen LogP contribution is -2.20. The van der Waals surface area contributed by atoms with Crippen LogP contribution in [0, 0.1) is 0 Å². The third-order valence-corrected chi connectivity index (χ3v) is 8.39. The first-order valence-electron chi connectivity index (χ1n) is 9.75. The molecule has 34 heavy (non-hydrogen) atoms. The smallest absolute Gasteiger partial charge is 0.254 e. The molecule has 4 aromatic rings. The molecule has 1 radical (unpaired) electrons. The molecule has 0 aliphatic carbocycles. The van der Waals surface area contributed by atoms with Crippen molar-refractivity contribution in [2.45, 2.75) is 19.7 Å². The molecular weight excluding hydrogens is 476 g/mol. The summed E-state index contributed by atoms with van der Waals surface area (Å²) in [4.78, 5) is 31.2. The molecule has 0 saturated carbocycles. The van der Waals surface area contributed by atoms with Gasteiger partial charge in [-0.3, -0.25) is 9.59 Å². The summed E-state index contributed by atoms with van der Waals surface area (Å²) in [5.74, 6) is -0.913. The Morgan fingerprint density at radius 1 is 0.735 bits per heavy atom. The molecule has 0 atom stereocenters. The molecule has 0 bridgehead atoms. The Bertz CT molecular complexity index is 1590. The van der Waals surface area contributed by atoms with E-state index in [9.17, 15) is 26.4 Å². The first kappa shape index (κ1) is 23.1. The number of carbonyl (C=O) groups excluding carboxylic acids is 2. The van der Waals surface area contributed by atoms with Gasteiger partial charge in [-0.05, 0) is 24.3 Å². The number of sulfone groups is 2. The topological polar surface area (TPSA) is 128 Å². The molecule has 8 nitrogen and oxygen atoms in total. The van der Waals surface area contributed by atoms with Crippen LogP contribution in [-0.2, 0) is 24.5 Å². The minimum atomic E-state index is -4.65. The molecular formula is C24H15N2O6S2. The number of hydrogen-bond donors (Lipinski definition) is 0. The number of aromatic nitrogens is 2. The van der Waals surface area contributed by atoms with Crippen LogP contribution < -0.4 is 0 Å². The Morgan fingerprint density at radius 2 is 1.35 bits per heavy atom.